The third-order valence-electron chi connectivity index (χ3n) is 4.81. The summed E-state index contributed by atoms with van der Waals surface area (Å²) in [5.41, 5.74) is 0. The van der Waals surface area contributed by atoms with Crippen molar-refractivity contribution in [3.8, 4) is 0 Å². The molecule has 1 amide bonds. The summed E-state index contributed by atoms with van der Waals surface area (Å²) >= 11 is 0. The van der Waals surface area contributed by atoms with Crippen molar-refractivity contribution in [3.63, 3.8) is 0 Å². The second kappa shape index (κ2) is 7.90. The lowest BCUT2D eigenvalue weighted by Gasteiger charge is -2.37. The Morgan fingerprint density at radius 3 is 2.83 bits per heavy atom. The maximum Gasteiger partial charge on any atom is 0.244 e. The molecule has 2 saturated heterocycles. The van der Waals surface area contributed by atoms with E-state index in [0.717, 1.165) is 45.9 Å². The molecule has 2 aliphatic rings. The van der Waals surface area contributed by atoms with Crippen molar-refractivity contribution in [1.82, 2.24) is 20.0 Å². The molecule has 1 aromatic rings. The molecule has 3 heterocycles. The summed E-state index contributed by atoms with van der Waals surface area (Å²) in [6, 6.07) is 1.85. The van der Waals surface area contributed by atoms with E-state index in [0.29, 0.717) is 18.5 Å². The van der Waals surface area contributed by atoms with Crippen molar-refractivity contribution in [2.45, 2.75) is 25.4 Å². The minimum atomic E-state index is -0.296. The van der Waals surface area contributed by atoms with Gasteiger partial charge in [0, 0.05) is 50.6 Å². The highest BCUT2D eigenvalue weighted by Gasteiger charge is 2.32. The number of carbonyl (C=O) groups excluding carboxylic acids is 1. The Balaban J connectivity index is 1.58. The van der Waals surface area contributed by atoms with E-state index in [2.05, 4.69) is 15.3 Å². The topological polar surface area (TPSA) is 68.6 Å². The summed E-state index contributed by atoms with van der Waals surface area (Å²) in [5.74, 6) is 0.485. The first-order valence-electron chi connectivity index (χ1n) is 8.42. The van der Waals surface area contributed by atoms with Crippen LogP contribution in [0.25, 0.3) is 0 Å². The zero-order valence-electron chi connectivity index (χ0n) is 13.7. The number of rotatable bonds is 6. The van der Waals surface area contributed by atoms with Crippen LogP contribution in [-0.2, 0) is 14.3 Å². The molecular weight excluding hydrogens is 296 g/mol. The van der Waals surface area contributed by atoms with Gasteiger partial charge in [0.05, 0.1) is 19.8 Å². The molecule has 0 aromatic carbocycles. The largest absolute Gasteiger partial charge is 0.381 e. The highest BCUT2D eigenvalue weighted by Crippen LogP contribution is 2.22. The first kappa shape index (κ1) is 16.4. The summed E-state index contributed by atoms with van der Waals surface area (Å²) in [4.78, 5) is 14.8. The number of morpholine rings is 1. The van der Waals surface area contributed by atoms with Crippen LogP contribution in [0.5, 0.6) is 0 Å². The van der Waals surface area contributed by atoms with Crippen molar-refractivity contribution in [2.75, 3.05) is 46.1 Å². The maximum atomic E-state index is 12.4. The van der Waals surface area contributed by atoms with Crippen LogP contribution in [0, 0.1) is 5.92 Å². The second-order valence-corrected chi connectivity index (χ2v) is 6.25. The van der Waals surface area contributed by atoms with E-state index in [1.165, 1.54) is 0 Å². The smallest absolute Gasteiger partial charge is 0.244 e. The number of nitrogens with one attached hydrogen (secondary N) is 1. The van der Waals surface area contributed by atoms with E-state index in [1.54, 1.807) is 10.9 Å². The predicted molar refractivity (Wildman–Crippen MR) is 85.1 cm³/mol. The minimum absolute atomic E-state index is 0.00544. The fourth-order valence-corrected chi connectivity index (χ4v) is 3.34. The van der Waals surface area contributed by atoms with Gasteiger partial charge in [0.2, 0.25) is 5.91 Å². The number of aromatic nitrogens is 2. The summed E-state index contributed by atoms with van der Waals surface area (Å²) in [6.07, 6.45) is 4.57. The van der Waals surface area contributed by atoms with Crippen LogP contribution in [0.15, 0.2) is 18.5 Å². The summed E-state index contributed by atoms with van der Waals surface area (Å²) in [5, 5.41) is 7.25. The molecule has 1 N–H and O–H groups in total. The van der Waals surface area contributed by atoms with E-state index in [-0.39, 0.29) is 11.9 Å². The SMILES string of the molecule is C[C@H](C(=O)NC[C@@H]([C@@H]1CCOC1)N1CCOCC1)n1cccn1. The van der Waals surface area contributed by atoms with Gasteiger partial charge in [-0.3, -0.25) is 14.4 Å². The standard InChI is InChI=1S/C16H26N4O3/c1-13(20-5-2-4-18-20)16(21)17-11-15(14-3-8-23-12-14)19-6-9-22-10-7-19/h2,4-5,13-15H,3,6-12H2,1H3,(H,17,21)/t13-,14-,15+/m1/s1. The molecule has 2 fully saturated rings. The zero-order chi connectivity index (χ0) is 16.1. The molecular formula is C16H26N4O3. The van der Waals surface area contributed by atoms with E-state index >= 15 is 0 Å². The van der Waals surface area contributed by atoms with Gasteiger partial charge in [-0.25, -0.2) is 0 Å². The van der Waals surface area contributed by atoms with Crippen molar-refractivity contribution < 1.29 is 14.3 Å². The van der Waals surface area contributed by atoms with Crippen molar-refractivity contribution >= 4 is 5.91 Å². The molecule has 0 spiro atoms. The lowest BCUT2D eigenvalue weighted by atomic mass is 9.96. The Morgan fingerprint density at radius 2 is 2.17 bits per heavy atom. The van der Waals surface area contributed by atoms with Crippen molar-refractivity contribution in [3.05, 3.63) is 18.5 Å². The Bertz CT molecular complexity index is 482. The van der Waals surface area contributed by atoms with Gasteiger partial charge in [-0.1, -0.05) is 0 Å². The molecule has 1 aromatic heterocycles. The van der Waals surface area contributed by atoms with E-state index in [9.17, 15) is 4.79 Å². The number of ether oxygens (including phenoxy) is 2. The average Bonchev–Trinajstić information content (AvgIpc) is 3.29. The van der Waals surface area contributed by atoms with Gasteiger partial charge in [-0.2, -0.15) is 5.10 Å². The summed E-state index contributed by atoms with van der Waals surface area (Å²) in [6.45, 7) is 7.50. The third kappa shape index (κ3) is 4.10. The second-order valence-electron chi connectivity index (χ2n) is 6.25. The molecule has 2 aliphatic heterocycles. The first-order chi connectivity index (χ1) is 11.3. The number of hydrogen-bond donors (Lipinski definition) is 1. The molecule has 3 atom stereocenters. The van der Waals surface area contributed by atoms with Gasteiger partial charge in [0.1, 0.15) is 6.04 Å². The van der Waals surface area contributed by atoms with Crippen LogP contribution in [0.4, 0.5) is 0 Å². The summed E-state index contributed by atoms with van der Waals surface area (Å²) < 4.78 is 12.7. The molecule has 0 aliphatic carbocycles. The van der Waals surface area contributed by atoms with Crippen molar-refractivity contribution in [1.29, 1.82) is 0 Å². The van der Waals surface area contributed by atoms with Gasteiger partial charge < -0.3 is 14.8 Å². The molecule has 128 valence electrons. The molecule has 3 rings (SSSR count). The molecule has 0 unspecified atom stereocenters. The zero-order valence-corrected chi connectivity index (χ0v) is 13.7. The fourth-order valence-electron chi connectivity index (χ4n) is 3.34. The lowest BCUT2D eigenvalue weighted by molar-refractivity contribution is -0.124. The van der Waals surface area contributed by atoms with E-state index in [1.807, 2.05) is 19.2 Å². The summed E-state index contributed by atoms with van der Waals surface area (Å²) in [7, 11) is 0. The Kier molecular flexibility index (Phi) is 5.64. The van der Waals surface area contributed by atoms with Crippen LogP contribution in [0.3, 0.4) is 0 Å². The van der Waals surface area contributed by atoms with E-state index in [4.69, 9.17) is 9.47 Å². The molecule has 7 heteroatoms. The van der Waals surface area contributed by atoms with E-state index < -0.39 is 0 Å². The first-order valence-corrected chi connectivity index (χ1v) is 8.42. The van der Waals surface area contributed by atoms with Gasteiger partial charge in [0.15, 0.2) is 0 Å². The number of nitrogens with zero attached hydrogens (tertiary/aromatic N) is 3. The van der Waals surface area contributed by atoms with Gasteiger partial charge in [-0.15, -0.1) is 0 Å². The highest BCUT2D eigenvalue weighted by molar-refractivity contribution is 5.79. The van der Waals surface area contributed by atoms with Crippen LogP contribution in [0.2, 0.25) is 0 Å². The monoisotopic (exact) mass is 322 g/mol. The Hall–Kier alpha value is -1.44. The fraction of sp³-hybridized carbons (Fsp3) is 0.750. The number of carbonyl (C=O) groups is 1. The van der Waals surface area contributed by atoms with Crippen molar-refractivity contribution in [2.24, 2.45) is 5.92 Å². The quantitative estimate of drug-likeness (QED) is 0.816. The molecule has 23 heavy (non-hydrogen) atoms. The van der Waals surface area contributed by atoms with Crippen LogP contribution >= 0.6 is 0 Å². The Labute approximate surface area is 136 Å². The lowest BCUT2D eigenvalue weighted by Crippen LogP contribution is -2.52. The number of amides is 1. The van der Waals surface area contributed by atoms with Crippen LogP contribution < -0.4 is 5.32 Å². The van der Waals surface area contributed by atoms with Gasteiger partial charge in [0.25, 0.3) is 0 Å². The maximum absolute atomic E-state index is 12.4. The van der Waals surface area contributed by atoms with Gasteiger partial charge >= 0.3 is 0 Å². The normalized spacial score (nSPS) is 25.2. The molecule has 7 nitrogen and oxygen atoms in total. The molecule has 0 saturated carbocycles. The molecule has 0 radical (unpaired) electrons. The highest BCUT2D eigenvalue weighted by atomic mass is 16.5. The third-order valence-corrected chi connectivity index (χ3v) is 4.81. The number of hydrogen-bond acceptors (Lipinski definition) is 5. The van der Waals surface area contributed by atoms with Crippen LogP contribution in [-0.4, -0.2) is 72.7 Å². The Morgan fingerprint density at radius 1 is 1.35 bits per heavy atom. The van der Waals surface area contributed by atoms with Gasteiger partial charge in [-0.05, 0) is 19.4 Å². The van der Waals surface area contributed by atoms with Crippen LogP contribution in [0.1, 0.15) is 19.4 Å². The minimum Gasteiger partial charge on any atom is -0.381 e. The average molecular weight is 322 g/mol. The molecule has 0 bridgehead atoms. The predicted octanol–water partition coefficient (Wildman–Crippen LogP) is 0.298.